The lowest BCUT2D eigenvalue weighted by atomic mass is 10.1. The van der Waals surface area contributed by atoms with E-state index in [0.29, 0.717) is 30.0 Å². The number of hydrogen-bond acceptors (Lipinski definition) is 6. The van der Waals surface area contributed by atoms with E-state index in [-0.39, 0.29) is 31.0 Å². The van der Waals surface area contributed by atoms with Crippen molar-refractivity contribution < 1.29 is 27.5 Å². The van der Waals surface area contributed by atoms with Gasteiger partial charge in [-0.2, -0.15) is 4.31 Å². The standard InChI is InChI=1S/C21H21N3O6S/c25-19(8-9-24-20(26)17-6-1-2-7-18(17)21(24)27)22-15-4-3-5-16(14-15)31(28,29)23-10-12-30-13-11-23/h1-7,14H,8-13H2,(H,22,25). The van der Waals surface area contributed by atoms with Crippen LogP contribution in [0.4, 0.5) is 5.69 Å². The van der Waals surface area contributed by atoms with Crippen molar-refractivity contribution in [2.75, 3.05) is 38.2 Å². The molecule has 3 amide bonds. The van der Waals surface area contributed by atoms with Gasteiger partial charge < -0.3 is 10.1 Å². The molecule has 2 heterocycles. The average molecular weight is 443 g/mol. The third-order valence-electron chi connectivity index (χ3n) is 5.17. The highest BCUT2D eigenvalue weighted by atomic mass is 32.2. The molecular formula is C21H21N3O6S. The van der Waals surface area contributed by atoms with Crippen LogP contribution in [-0.2, 0) is 19.6 Å². The van der Waals surface area contributed by atoms with E-state index >= 15 is 0 Å². The molecule has 2 aromatic rings. The number of carbonyl (C=O) groups excluding carboxylic acids is 3. The lowest BCUT2D eigenvalue weighted by molar-refractivity contribution is -0.116. The molecular weight excluding hydrogens is 422 g/mol. The van der Waals surface area contributed by atoms with Crippen LogP contribution in [-0.4, -0.2) is 68.2 Å². The lowest BCUT2D eigenvalue weighted by Crippen LogP contribution is -2.40. The summed E-state index contributed by atoms with van der Waals surface area (Å²) in [5.41, 5.74) is 0.976. The number of morpholine rings is 1. The Kier molecular flexibility index (Phi) is 5.86. The maximum atomic E-state index is 12.8. The molecule has 9 nitrogen and oxygen atoms in total. The molecule has 31 heavy (non-hydrogen) atoms. The maximum Gasteiger partial charge on any atom is 0.261 e. The highest BCUT2D eigenvalue weighted by Crippen LogP contribution is 2.23. The van der Waals surface area contributed by atoms with Crippen LogP contribution < -0.4 is 5.32 Å². The van der Waals surface area contributed by atoms with Gasteiger partial charge in [0.1, 0.15) is 0 Å². The van der Waals surface area contributed by atoms with E-state index < -0.39 is 27.7 Å². The van der Waals surface area contributed by atoms with E-state index in [0.717, 1.165) is 4.90 Å². The van der Waals surface area contributed by atoms with Gasteiger partial charge in [-0.1, -0.05) is 18.2 Å². The molecule has 0 bridgehead atoms. The molecule has 1 N–H and O–H groups in total. The van der Waals surface area contributed by atoms with E-state index in [9.17, 15) is 22.8 Å². The van der Waals surface area contributed by atoms with Gasteiger partial charge in [-0.05, 0) is 30.3 Å². The number of nitrogens with zero attached hydrogens (tertiary/aromatic N) is 2. The Balaban J connectivity index is 1.39. The Morgan fingerprint density at radius 2 is 1.61 bits per heavy atom. The fourth-order valence-corrected chi connectivity index (χ4v) is 5.00. The van der Waals surface area contributed by atoms with Gasteiger partial charge in [0.05, 0.1) is 29.2 Å². The molecule has 0 spiro atoms. The summed E-state index contributed by atoms with van der Waals surface area (Å²) in [7, 11) is -3.69. The minimum atomic E-state index is -3.69. The second-order valence-electron chi connectivity index (χ2n) is 7.15. The molecule has 0 saturated carbocycles. The molecule has 2 aliphatic rings. The van der Waals surface area contributed by atoms with Crippen LogP contribution in [0.2, 0.25) is 0 Å². The number of imide groups is 1. The van der Waals surface area contributed by atoms with Crippen LogP contribution >= 0.6 is 0 Å². The van der Waals surface area contributed by atoms with Crippen LogP contribution in [0.5, 0.6) is 0 Å². The Hall–Kier alpha value is -3.08. The monoisotopic (exact) mass is 443 g/mol. The number of fused-ring (bicyclic) bond motifs is 1. The first-order valence-electron chi connectivity index (χ1n) is 9.81. The highest BCUT2D eigenvalue weighted by molar-refractivity contribution is 7.89. The quantitative estimate of drug-likeness (QED) is 0.674. The third kappa shape index (κ3) is 4.22. The number of nitrogens with one attached hydrogen (secondary N) is 1. The summed E-state index contributed by atoms with van der Waals surface area (Å²) in [6.45, 7) is 1.17. The molecule has 4 rings (SSSR count). The first-order valence-corrected chi connectivity index (χ1v) is 11.2. The zero-order valence-corrected chi connectivity index (χ0v) is 17.4. The molecule has 0 unspecified atom stereocenters. The predicted octanol–water partition coefficient (Wildman–Crippen LogP) is 1.33. The Labute approximate surface area is 179 Å². The summed E-state index contributed by atoms with van der Waals surface area (Å²) < 4.78 is 32.1. The molecule has 2 aliphatic heterocycles. The predicted molar refractivity (Wildman–Crippen MR) is 111 cm³/mol. The lowest BCUT2D eigenvalue weighted by Gasteiger charge is -2.26. The van der Waals surface area contributed by atoms with Crippen molar-refractivity contribution in [3.05, 3.63) is 59.7 Å². The van der Waals surface area contributed by atoms with Gasteiger partial charge in [-0.25, -0.2) is 8.42 Å². The number of benzene rings is 2. The summed E-state index contributed by atoms with van der Waals surface area (Å²) in [5, 5.41) is 2.64. The number of amides is 3. The molecule has 2 aromatic carbocycles. The molecule has 0 radical (unpaired) electrons. The normalized spacial score (nSPS) is 17.0. The molecule has 0 atom stereocenters. The maximum absolute atomic E-state index is 12.8. The molecule has 10 heteroatoms. The van der Waals surface area contributed by atoms with Gasteiger partial charge in [-0.15, -0.1) is 0 Å². The van der Waals surface area contributed by atoms with Gasteiger partial charge in [0.2, 0.25) is 15.9 Å². The summed E-state index contributed by atoms with van der Waals surface area (Å²) in [4.78, 5) is 38.3. The van der Waals surface area contributed by atoms with Crippen LogP contribution in [0.25, 0.3) is 0 Å². The van der Waals surface area contributed by atoms with Crippen LogP contribution in [0.15, 0.2) is 53.4 Å². The Bertz CT molecular complexity index is 1110. The summed E-state index contributed by atoms with van der Waals surface area (Å²) in [5.74, 6) is -1.28. The SMILES string of the molecule is O=C(CCN1C(=O)c2ccccc2C1=O)Nc1cccc(S(=O)(=O)N2CCOCC2)c1. The van der Waals surface area contributed by atoms with Crippen molar-refractivity contribution in [2.24, 2.45) is 0 Å². The number of hydrogen-bond donors (Lipinski definition) is 1. The number of anilines is 1. The van der Waals surface area contributed by atoms with E-state index in [4.69, 9.17) is 4.74 Å². The van der Waals surface area contributed by atoms with E-state index in [1.165, 1.54) is 16.4 Å². The van der Waals surface area contributed by atoms with Crippen molar-refractivity contribution >= 4 is 33.4 Å². The van der Waals surface area contributed by atoms with Crippen molar-refractivity contribution in [3.63, 3.8) is 0 Å². The number of rotatable bonds is 6. The molecule has 1 saturated heterocycles. The molecule has 0 aromatic heterocycles. The Morgan fingerprint density at radius 3 is 2.26 bits per heavy atom. The van der Waals surface area contributed by atoms with Gasteiger partial charge in [0, 0.05) is 31.7 Å². The van der Waals surface area contributed by atoms with Gasteiger partial charge in [0.25, 0.3) is 11.8 Å². The van der Waals surface area contributed by atoms with E-state index in [1.54, 1.807) is 36.4 Å². The van der Waals surface area contributed by atoms with E-state index in [1.807, 2.05) is 0 Å². The fraction of sp³-hybridized carbons (Fsp3) is 0.286. The van der Waals surface area contributed by atoms with E-state index in [2.05, 4.69) is 5.32 Å². The average Bonchev–Trinajstić information content (AvgIpc) is 3.03. The summed E-state index contributed by atoms with van der Waals surface area (Å²) >= 11 is 0. The van der Waals surface area contributed by atoms with Crippen molar-refractivity contribution in [1.82, 2.24) is 9.21 Å². The fourth-order valence-electron chi connectivity index (χ4n) is 3.55. The van der Waals surface area contributed by atoms with Crippen LogP contribution in [0.3, 0.4) is 0 Å². The van der Waals surface area contributed by atoms with Gasteiger partial charge in [0.15, 0.2) is 0 Å². The van der Waals surface area contributed by atoms with Gasteiger partial charge in [-0.3, -0.25) is 19.3 Å². The smallest absolute Gasteiger partial charge is 0.261 e. The van der Waals surface area contributed by atoms with Crippen molar-refractivity contribution in [3.8, 4) is 0 Å². The minimum absolute atomic E-state index is 0.0655. The van der Waals surface area contributed by atoms with Crippen molar-refractivity contribution in [1.29, 1.82) is 0 Å². The largest absolute Gasteiger partial charge is 0.379 e. The summed E-state index contributed by atoms with van der Waals surface area (Å²) in [6.07, 6.45) is -0.105. The molecule has 1 fully saturated rings. The number of carbonyl (C=O) groups is 3. The zero-order chi connectivity index (χ0) is 22.0. The number of sulfonamides is 1. The first-order chi connectivity index (χ1) is 14.9. The molecule has 162 valence electrons. The zero-order valence-electron chi connectivity index (χ0n) is 16.6. The second kappa shape index (κ2) is 8.58. The molecule has 0 aliphatic carbocycles. The number of ether oxygens (including phenoxy) is 1. The van der Waals surface area contributed by atoms with Gasteiger partial charge >= 0.3 is 0 Å². The highest BCUT2D eigenvalue weighted by Gasteiger charge is 2.35. The topological polar surface area (TPSA) is 113 Å². The van der Waals surface area contributed by atoms with Crippen LogP contribution in [0.1, 0.15) is 27.1 Å². The van der Waals surface area contributed by atoms with Crippen LogP contribution in [0, 0.1) is 0 Å². The second-order valence-corrected chi connectivity index (χ2v) is 9.09. The third-order valence-corrected chi connectivity index (χ3v) is 7.06. The Morgan fingerprint density at radius 1 is 0.968 bits per heavy atom. The summed E-state index contributed by atoms with van der Waals surface area (Å²) in [6, 6.07) is 12.5. The first kappa shape index (κ1) is 21.2. The minimum Gasteiger partial charge on any atom is -0.379 e. The van der Waals surface area contributed by atoms with Crippen molar-refractivity contribution in [2.45, 2.75) is 11.3 Å².